The Hall–Kier alpha value is -2.01. The molecule has 0 fully saturated rings. The molecule has 1 aliphatic rings. The lowest BCUT2D eigenvalue weighted by molar-refractivity contribution is 0.0735. The molecular weight excluding hydrogens is 286 g/mol. The number of carbonyl (C=O) groups is 1. The number of hydrogen-bond acceptors (Lipinski definition) is 4. The van der Waals surface area contributed by atoms with Crippen LogP contribution in [0.2, 0.25) is 0 Å². The van der Waals surface area contributed by atoms with E-state index in [1.54, 1.807) is 43.8 Å². The molecule has 4 nitrogen and oxygen atoms in total. The van der Waals surface area contributed by atoms with Gasteiger partial charge in [-0.25, -0.2) is 0 Å². The zero-order valence-corrected chi connectivity index (χ0v) is 12.9. The number of nitrogens with zero attached hydrogens (tertiary/aromatic N) is 1. The van der Waals surface area contributed by atoms with Gasteiger partial charge in [-0.05, 0) is 41.6 Å². The first-order valence-corrected chi connectivity index (χ1v) is 7.67. The van der Waals surface area contributed by atoms with Crippen molar-refractivity contribution in [2.75, 3.05) is 20.8 Å². The standard InChI is InChI=1S/C16H17NO3S/c1-19-13-4-3-11(9-14(13)20-2)16(18)17-7-5-15-12(10-17)6-8-21-15/h3-4,6,8-9H,5,7,10H2,1-2H3. The number of carbonyl (C=O) groups excluding carboxylic acids is 1. The molecule has 3 rings (SSSR count). The largest absolute Gasteiger partial charge is 0.493 e. The van der Waals surface area contributed by atoms with E-state index in [0.29, 0.717) is 23.6 Å². The van der Waals surface area contributed by atoms with Crippen molar-refractivity contribution in [1.82, 2.24) is 4.90 Å². The molecule has 5 heteroatoms. The number of amides is 1. The molecular formula is C16H17NO3S. The van der Waals surface area contributed by atoms with Crippen LogP contribution in [-0.4, -0.2) is 31.6 Å². The molecule has 0 N–H and O–H groups in total. The van der Waals surface area contributed by atoms with Crippen molar-refractivity contribution in [1.29, 1.82) is 0 Å². The average Bonchev–Trinajstić information content (AvgIpc) is 3.00. The van der Waals surface area contributed by atoms with Crippen molar-refractivity contribution in [3.63, 3.8) is 0 Å². The molecule has 0 bridgehead atoms. The zero-order valence-electron chi connectivity index (χ0n) is 12.1. The molecule has 2 heterocycles. The average molecular weight is 303 g/mol. The SMILES string of the molecule is COc1ccc(C(=O)N2CCc3sccc3C2)cc1OC. The summed E-state index contributed by atoms with van der Waals surface area (Å²) in [4.78, 5) is 15.9. The minimum atomic E-state index is 0.0350. The van der Waals surface area contributed by atoms with Gasteiger partial charge in [-0.3, -0.25) is 4.79 Å². The maximum Gasteiger partial charge on any atom is 0.254 e. The summed E-state index contributed by atoms with van der Waals surface area (Å²) in [6.45, 7) is 1.45. The highest BCUT2D eigenvalue weighted by atomic mass is 32.1. The summed E-state index contributed by atoms with van der Waals surface area (Å²) in [6, 6.07) is 7.40. The summed E-state index contributed by atoms with van der Waals surface area (Å²) >= 11 is 1.77. The molecule has 110 valence electrons. The molecule has 0 unspecified atom stereocenters. The predicted molar refractivity (Wildman–Crippen MR) is 82.3 cm³/mol. The molecule has 1 aromatic carbocycles. The van der Waals surface area contributed by atoms with Gasteiger partial charge < -0.3 is 14.4 Å². The van der Waals surface area contributed by atoms with E-state index in [2.05, 4.69) is 11.4 Å². The summed E-state index contributed by atoms with van der Waals surface area (Å²) in [5.41, 5.74) is 1.89. The summed E-state index contributed by atoms with van der Waals surface area (Å²) in [5, 5.41) is 2.09. The van der Waals surface area contributed by atoms with E-state index in [1.165, 1.54) is 10.4 Å². The van der Waals surface area contributed by atoms with E-state index < -0.39 is 0 Å². The number of benzene rings is 1. The van der Waals surface area contributed by atoms with E-state index in [9.17, 15) is 4.79 Å². The van der Waals surface area contributed by atoms with Gasteiger partial charge in [0, 0.05) is 23.5 Å². The maximum absolute atomic E-state index is 12.6. The lowest BCUT2D eigenvalue weighted by atomic mass is 10.1. The Morgan fingerprint density at radius 2 is 2.00 bits per heavy atom. The number of thiophene rings is 1. The van der Waals surface area contributed by atoms with Crippen LogP contribution in [0.3, 0.4) is 0 Å². The zero-order chi connectivity index (χ0) is 14.8. The van der Waals surface area contributed by atoms with Gasteiger partial charge in [0.15, 0.2) is 11.5 Å². The van der Waals surface area contributed by atoms with Crippen molar-refractivity contribution < 1.29 is 14.3 Å². The summed E-state index contributed by atoms with van der Waals surface area (Å²) in [6.07, 6.45) is 0.937. The van der Waals surface area contributed by atoms with Gasteiger partial charge in [0.25, 0.3) is 5.91 Å². The first kappa shape index (κ1) is 13.9. The maximum atomic E-state index is 12.6. The van der Waals surface area contributed by atoms with Crippen molar-refractivity contribution >= 4 is 17.2 Å². The lowest BCUT2D eigenvalue weighted by Crippen LogP contribution is -2.35. The van der Waals surface area contributed by atoms with E-state index >= 15 is 0 Å². The summed E-state index contributed by atoms with van der Waals surface area (Å²) in [5.74, 6) is 1.25. The van der Waals surface area contributed by atoms with E-state index in [1.807, 2.05) is 4.90 Å². The van der Waals surface area contributed by atoms with E-state index in [4.69, 9.17) is 9.47 Å². The fourth-order valence-electron chi connectivity index (χ4n) is 2.57. The molecule has 1 aliphatic heterocycles. The number of hydrogen-bond donors (Lipinski definition) is 0. The Bertz CT molecular complexity index is 665. The predicted octanol–water partition coefficient (Wildman–Crippen LogP) is 2.96. The van der Waals surface area contributed by atoms with Crippen LogP contribution in [0.15, 0.2) is 29.6 Å². The third kappa shape index (κ3) is 2.61. The number of ether oxygens (including phenoxy) is 2. The number of rotatable bonds is 3. The minimum absolute atomic E-state index is 0.0350. The van der Waals surface area contributed by atoms with Crippen LogP contribution >= 0.6 is 11.3 Å². The van der Waals surface area contributed by atoms with Crippen LogP contribution in [0.1, 0.15) is 20.8 Å². The van der Waals surface area contributed by atoms with Gasteiger partial charge in [0.2, 0.25) is 0 Å². The fraction of sp³-hybridized carbons (Fsp3) is 0.312. The van der Waals surface area contributed by atoms with Gasteiger partial charge in [-0.1, -0.05) is 0 Å². The first-order chi connectivity index (χ1) is 10.2. The Labute approximate surface area is 127 Å². The second-order valence-electron chi connectivity index (χ2n) is 4.92. The Balaban J connectivity index is 1.83. The monoisotopic (exact) mass is 303 g/mol. The minimum Gasteiger partial charge on any atom is -0.493 e. The van der Waals surface area contributed by atoms with Gasteiger partial charge in [-0.2, -0.15) is 0 Å². The molecule has 1 amide bonds. The molecule has 0 saturated carbocycles. The third-order valence-corrected chi connectivity index (χ3v) is 4.75. The van der Waals surface area contributed by atoms with Gasteiger partial charge >= 0.3 is 0 Å². The summed E-state index contributed by atoms with van der Waals surface area (Å²) in [7, 11) is 3.16. The molecule has 0 atom stereocenters. The molecule has 21 heavy (non-hydrogen) atoms. The van der Waals surface area contributed by atoms with Crippen LogP contribution in [-0.2, 0) is 13.0 Å². The quantitative estimate of drug-likeness (QED) is 0.875. The van der Waals surface area contributed by atoms with E-state index in [0.717, 1.165) is 13.0 Å². The second kappa shape index (κ2) is 5.77. The number of fused-ring (bicyclic) bond motifs is 1. The Kier molecular flexibility index (Phi) is 3.84. The Morgan fingerprint density at radius 1 is 1.19 bits per heavy atom. The van der Waals surface area contributed by atoms with Gasteiger partial charge in [0.05, 0.1) is 14.2 Å². The van der Waals surface area contributed by atoms with Crippen LogP contribution in [0.4, 0.5) is 0 Å². The van der Waals surface area contributed by atoms with Crippen LogP contribution in [0, 0.1) is 0 Å². The molecule has 0 radical (unpaired) electrons. The molecule has 0 aliphatic carbocycles. The van der Waals surface area contributed by atoms with Gasteiger partial charge in [0.1, 0.15) is 0 Å². The van der Waals surface area contributed by atoms with E-state index in [-0.39, 0.29) is 5.91 Å². The molecule has 2 aromatic rings. The third-order valence-electron chi connectivity index (χ3n) is 3.73. The van der Waals surface area contributed by atoms with Crippen LogP contribution < -0.4 is 9.47 Å². The normalized spacial score (nSPS) is 13.7. The molecule has 0 spiro atoms. The Morgan fingerprint density at radius 3 is 2.76 bits per heavy atom. The van der Waals surface area contributed by atoms with Crippen LogP contribution in [0.5, 0.6) is 11.5 Å². The highest BCUT2D eigenvalue weighted by Gasteiger charge is 2.23. The van der Waals surface area contributed by atoms with Crippen molar-refractivity contribution in [2.45, 2.75) is 13.0 Å². The second-order valence-corrected chi connectivity index (χ2v) is 5.92. The smallest absolute Gasteiger partial charge is 0.254 e. The summed E-state index contributed by atoms with van der Waals surface area (Å²) < 4.78 is 10.5. The highest BCUT2D eigenvalue weighted by molar-refractivity contribution is 7.10. The van der Waals surface area contributed by atoms with Crippen molar-refractivity contribution in [2.24, 2.45) is 0 Å². The topological polar surface area (TPSA) is 38.8 Å². The lowest BCUT2D eigenvalue weighted by Gasteiger charge is -2.27. The fourth-order valence-corrected chi connectivity index (χ4v) is 3.46. The van der Waals surface area contributed by atoms with Crippen LogP contribution in [0.25, 0.3) is 0 Å². The molecule has 0 saturated heterocycles. The first-order valence-electron chi connectivity index (χ1n) is 6.79. The molecule has 1 aromatic heterocycles. The van der Waals surface area contributed by atoms with Crippen molar-refractivity contribution in [3.8, 4) is 11.5 Å². The highest BCUT2D eigenvalue weighted by Crippen LogP contribution is 2.29. The van der Waals surface area contributed by atoms with Gasteiger partial charge in [-0.15, -0.1) is 11.3 Å². The van der Waals surface area contributed by atoms with Crippen molar-refractivity contribution in [3.05, 3.63) is 45.6 Å². The number of methoxy groups -OCH3 is 2.